The predicted octanol–water partition coefficient (Wildman–Crippen LogP) is 8.49. The molecule has 0 aromatic heterocycles. The van der Waals surface area contributed by atoms with Gasteiger partial charge in [0.05, 0.1) is 29.0 Å². The van der Waals surface area contributed by atoms with E-state index in [0.717, 1.165) is 25.0 Å². The minimum Gasteiger partial charge on any atom is -0.490 e. The lowest BCUT2D eigenvalue weighted by Gasteiger charge is -2.12. The third-order valence-electron chi connectivity index (χ3n) is 3.40. The van der Waals surface area contributed by atoms with E-state index in [-0.39, 0.29) is 11.1 Å². The summed E-state index contributed by atoms with van der Waals surface area (Å²) >= 11 is 33.6. The van der Waals surface area contributed by atoms with Crippen LogP contribution in [0.25, 0.3) is 0 Å². The van der Waals surface area contributed by atoms with Crippen molar-refractivity contribution in [2.75, 3.05) is 33.0 Å². The largest absolute Gasteiger partial charge is 0.490 e. The summed E-state index contributed by atoms with van der Waals surface area (Å²) in [5.41, 5.74) is 0.763. The third-order valence-corrected chi connectivity index (χ3v) is 4.96. The zero-order valence-corrected chi connectivity index (χ0v) is 24.4. The van der Waals surface area contributed by atoms with Gasteiger partial charge in [-0.1, -0.05) is 99.3 Å². The van der Waals surface area contributed by atoms with Crippen LogP contribution < -0.4 is 9.47 Å². The van der Waals surface area contributed by atoms with Gasteiger partial charge in [0.1, 0.15) is 16.8 Å². The fourth-order valence-electron chi connectivity index (χ4n) is 2.08. The molecule has 5 nitrogen and oxygen atoms in total. The standard InChI is InChI=1S/C19H22Br3Cl4NO4/c1-13(27-31-12-19(20,21)22)11-28-6-3-2-4-7-30-18-15(23)9-14(10-16(18)24)29-8-5-17(25)26/h5,9-10H,2-4,6-8,11-12H2,1H3. The van der Waals surface area contributed by atoms with Gasteiger partial charge in [-0.2, -0.15) is 0 Å². The highest BCUT2D eigenvalue weighted by Crippen LogP contribution is 2.37. The van der Waals surface area contributed by atoms with E-state index in [1.807, 2.05) is 6.92 Å². The maximum Gasteiger partial charge on any atom is 0.171 e. The van der Waals surface area contributed by atoms with Gasteiger partial charge in [0.2, 0.25) is 0 Å². The van der Waals surface area contributed by atoms with E-state index in [9.17, 15) is 0 Å². The fourth-order valence-corrected chi connectivity index (χ4v) is 3.09. The second-order valence-corrected chi connectivity index (χ2v) is 15.3. The number of hydrogen-bond donors (Lipinski definition) is 0. The maximum atomic E-state index is 6.24. The number of ether oxygens (including phenoxy) is 3. The Hall–Kier alpha value is 0.590. The van der Waals surface area contributed by atoms with Crippen LogP contribution in [0, 0.1) is 0 Å². The first-order valence-corrected chi connectivity index (χ1v) is 13.0. The Morgan fingerprint density at radius 3 is 2.29 bits per heavy atom. The van der Waals surface area contributed by atoms with E-state index in [0.29, 0.717) is 48.0 Å². The van der Waals surface area contributed by atoms with Crippen molar-refractivity contribution in [1.29, 1.82) is 0 Å². The van der Waals surface area contributed by atoms with Crippen molar-refractivity contribution in [2.45, 2.75) is 28.3 Å². The molecule has 0 amide bonds. The SMILES string of the molecule is CC(COCCCCCOc1c(Cl)cc(OCC=C(Cl)Cl)cc1Cl)=NOCC(Br)(Br)Br. The average molecular weight is 710 g/mol. The number of alkyl halides is 3. The maximum absolute atomic E-state index is 6.24. The molecule has 0 N–H and O–H groups in total. The van der Waals surface area contributed by atoms with Gasteiger partial charge in [0, 0.05) is 18.7 Å². The van der Waals surface area contributed by atoms with Crippen LogP contribution in [0.4, 0.5) is 0 Å². The lowest BCUT2D eigenvalue weighted by atomic mass is 10.2. The van der Waals surface area contributed by atoms with Crippen LogP contribution >= 0.6 is 94.2 Å². The number of halogens is 7. The van der Waals surface area contributed by atoms with Gasteiger partial charge in [-0.3, -0.25) is 0 Å². The van der Waals surface area contributed by atoms with Crippen molar-refractivity contribution in [3.63, 3.8) is 0 Å². The molecule has 0 spiro atoms. The average Bonchev–Trinajstić information content (AvgIpc) is 2.64. The van der Waals surface area contributed by atoms with Gasteiger partial charge in [-0.05, 0) is 32.3 Å². The Kier molecular flexibility index (Phi) is 15.5. The molecule has 0 aliphatic carbocycles. The van der Waals surface area contributed by atoms with Crippen molar-refractivity contribution < 1.29 is 19.0 Å². The molecule has 0 unspecified atom stereocenters. The minimum atomic E-state index is -0.472. The van der Waals surface area contributed by atoms with Gasteiger partial charge >= 0.3 is 0 Å². The molecule has 1 rings (SSSR count). The van der Waals surface area contributed by atoms with Gasteiger partial charge in [0.15, 0.2) is 14.5 Å². The van der Waals surface area contributed by atoms with E-state index in [1.54, 1.807) is 12.1 Å². The number of nitrogens with zero attached hydrogens (tertiary/aromatic N) is 1. The summed E-state index contributed by atoms with van der Waals surface area (Å²) in [6.45, 7) is 3.92. The highest BCUT2D eigenvalue weighted by atomic mass is 80.0. The van der Waals surface area contributed by atoms with Gasteiger partial charge < -0.3 is 19.0 Å². The molecule has 0 bridgehead atoms. The molecule has 0 saturated heterocycles. The molecule has 0 fully saturated rings. The Balaban J connectivity index is 2.21. The summed E-state index contributed by atoms with van der Waals surface area (Å²) in [6.07, 6.45) is 4.19. The zero-order valence-electron chi connectivity index (χ0n) is 16.6. The van der Waals surface area contributed by atoms with E-state index < -0.39 is 2.14 Å². The number of rotatable bonds is 14. The van der Waals surface area contributed by atoms with Crippen LogP contribution in [0.2, 0.25) is 10.0 Å². The molecule has 0 saturated carbocycles. The summed E-state index contributed by atoms with van der Waals surface area (Å²) in [6, 6.07) is 3.27. The third kappa shape index (κ3) is 15.2. The molecule has 0 heterocycles. The predicted molar refractivity (Wildman–Crippen MR) is 140 cm³/mol. The molecule has 0 aliphatic rings. The van der Waals surface area contributed by atoms with E-state index in [1.165, 1.54) is 6.08 Å². The molecule has 176 valence electrons. The van der Waals surface area contributed by atoms with Crippen LogP contribution in [-0.2, 0) is 9.57 Å². The normalized spacial score (nSPS) is 11.9. The first-order valence-electron chi connectivity index (χ1n) is 9.14. The number of benzene rings is 1. The quantitative estimate of drug-likeness (QED) is 0.0842. The molecule has 1 aromatic rings. The smallest absolute Gasteiger partial charge is 0.171 e. The van der Waals surface area contributed by atoms with Crippen molar-refractivity contribution in [3.8, 4) is 11.5 Å². The molecule has 1 aromatic carbocycles. The van der Waals surface area contributed by atoms with Crippen molar-refractivity contribution in [2.24, 2.45) is 5.16 Å². The summed E-state index contributed by atoms with van der Waals surface area (Å²) in [7, 11) is 0. The highest BCUT2D eigenvalue weighted by molar-refractivity contribution is 9.39. The Morgan fingerprint density at radius 2 is 1.68 bits per heavy atom. The topological polar surface area (TPSA) is 49.3 Å². The summed E-state index contributed by atoms with van der Waals surface area (Å²) in [4.78, 5) is 5.18. The van der Waals surface area contributed by atoms with E-state index in [4.69, 9.17) is 65.5 Å². The lowest BCUT2D eigenvalue weighted by molar-refractivity contribution is 0.139. The molecule has 0 radical (unpaired) electrons. The molecule has 0 atom stereocenters. The van der Waals surface area contributed by atoms with Crippen LogP contribution in [0.15, 0.2) is 27.9 Å². The van der Waals surface area contributed by atoms with Gasteiger partial charge in [-0.15, -0.1) is 0 Å². The van der Waals surface area contributed by atoms with Crippen LogP contribution in [-0.4, -0.2) is 40.9 Å². The minimum absolute atomic E-state index is 0.130. The Morgan fingerprint density at radius 1 is 1.03 bits per heavy atom. The summed E-state index contributed by atoms with van der Waals surface area (Å²) < 4.78 is 16.4. The molecule has 12 heteroatoms. The van der Waals surface area contributed by atoms with Crippen molar-refractivity contribution >= 4 is 99.9 Å². The first-order chi connectivity index (χ1) is 14.6. The zero-order chi connectivity index (χ0) is 23.3. The number of hydrogen-bond acceptors (Lipinski definition) is 5. The van der Waals surface area contributed by atoms with Crippen LogP contribution in [0.5, 0.6) is 11.5 Å². The fraction of sp³-hybridized carbons (Fsp3) is 0.526. The lowest BCUT2D eigenvalue weighted by Crippen LogP contribution is -2.11. The van der Waals surface area contributed by atoms with Crippen LogP contribution in [0.3, 0.4) is 0 Å². The van der Waals surface area contributed by atoms with Crippen LogP contribution in [0.1, 0.15) is 26.2 Å². The highest BCUT2D eigenvalue weighted by Gasteiger charge is 2.18. The second kappa shape index (κ2) is 16.3. The van der Waals surface area contributed by atoms with E-state index >= 15 is 0 Å². The van der Waals surface area contributed by atoms with Gasteiger partial charge in [0.25, 0.3) is 0 Å². The van der Waals surface area contributed by atoms with Crippen molar-refractivity contribution in [3.05, 3.63) is 32.7 Å². The Labute approximate surface area is 228 Å². The summed E-state index contributed by atoms with van der Waals surface area (Å²) in [5.74, 6) is 0.935. The summed E-state index contributed by atoms with van der Waals surface area (Å²) in [5, 5.41) is 4.72. The number of unbranched alkanes of at least 4 members (excludes halogenated alkanes) is 2. The Bertz CT molecular complexity index is 718. The second-order valence-electron chi connectivity index (χ2n) is 6.20. The number of oxime groups is 1. The molecule has 0 aliphatic heterocycles. The first kappa shape index (κ1) is 29.6. The van der Waals surface area contributed by atoms with Gasteiger partial charge in [-0.25, -0.2) is 0 Å². The monoisotopic (exact) mass is 705 g/mol. The molecule has 31 heavy (non-hydrogen) atoms. The van der Waals surface area contributed by atoms with Crippen molar-refractivity contribution in [1.82, 2.24) is 0 Å². The van der Waals surface area contributed by atoms with E-state index in [2.05, 4.69) is 52.9 Å². The molecular weight excluding hydrogens is 688 g/mol. The molecular formula is C19H22Br3Cl4NO4.